The van der Waals surface area contributed by atoms with E-state index in [1.807, 2.05) is 0 Å². The molecule has 0 amide bonds. The van der Waals surface area contributed by atoms with Crippen LogP contribution in [0, 0.1) is 5.82 Å². The van der Waals surface area contributed by atoms with Crippen molar-refractivity contribution >= 4 is 26.6 Å². The fraction of sp³-hybridized carbons (Fsp3) is 0. The highest BCUT2D eigenvalue weighted by atomic mass is 32.2. The normalized spacial score (nSPS) is 11.5. The first-order valence-electron chi connectivity index (χ1n) is 6.55. The van der Waals surface area contributed by atoms with Gasteiger partial charge < -0.3 is 10.2 Å². The van der Waals surface area contributed by atoms with Crippen LogP contribution in [-0.4, -0.2) is 23.3 Å². The van der Waals surface area contributed by atoms with Gasteiger partial charge >= 0.3 is 5.69 Å². The Balaban J connectivity index is 2.04. The number of H-pyrrole nitrogens is 1. The van der Waals surface area contributed by atoms with E-state index in [2.05, 4.69) is 9.71 Å². The maximum Gasteiger partial charge on any atom is 0.362 e. The maximum atomic E-state index is 12.9. The molecule has 1 heterocycles. The summed E-state index contributed by atoms with van der Waals surface area (Å²) in [7, 11) is -3.97. The van der Waals surface area contributed by atoms with Gasteiger partial charge in [0.05, 0.1) is 21.5 Å². The van der Waals surface area contributed by atoms with Gasteiger partial charge in [-0.15, -0.1) is 0 Å². The molecule has 24 heavy (non-hydrogen) atoms. The lowest BCUT2D eigenvalue weighted by Gasteiger charge is -2.09. The zero-order valence-electron chi connectivity index (χ0n) is 11.9. The molecule has 0 unspecified atom stereocenters. The van der Waals surface area contributed by atoms with Gasteiger partial charge in [0.25, 0.3) is 15.6 Å². The Morgan fingerprint density at radius 2 is 1.75 bits per heavy atom. The summed E-state index contributed by atoms with van der Waals surface area (Å²) in [5, 5.41) is 9.25. The maximum absolute atomic E-state index is 12.9. The molecule has 0 saturated carbocycles. The molecule has 3 aromatic rings. The molecule has 0 bridgehead atoms. The number of nitrogens with one attached hydrogen (secondary N) is 2. The Bertz CT molecular complexity index is 1150. The van der Waals surface area contributed by atoms with Crippen molar-refractivity contribution in [3.63, 3.8) is 0 Å². The second-order valence-electron chi connectivity index (χ2n) is 4.87. The molecule has 0 atom stereocenters. The molecule has 0 saturated heterocycles. The van der Waals surface area contributed by atoms with Crippen molar-refractivity contribution in [2.24, 2.45) is 0 Å². The second kappa shape index (κ2) is 5.49. The topological polar surface area (TPSA) is 121 Å². The molecule has 0 radical (unpaired) electrons. The summed E-state index contributed by atoms with van der Waals surface area (Å²) in [6.45, 7) is 0. The largest absolute Gasteiger partial charge is 0.421 e. The van der Waals surface area contributed by atoms with Crippen molar-refractivity contribution in [1.29, 1.82) is 0 Å². The average molecular weight is 351 g/mol. The molecule has 3 rings (SSSR count). The van der Waals surface area contributed by atoms with E-state index in [4.69, 9.17) is 0 Å². The Hall–Kier alpha value is -3.14. The van der Waals surface area contributed by atoms with Crippen molar-refractivity contribution in [3.05, 3.63) is 69.1 Å². The van der Waals surface area contributed by atoms with Crippen LogP contribution in [-0.2, 0) is 10.0 Å². The number of halogens is 1. The third-order valence-electron chi connectivity index (χ3n) is 3.25. The number of anilines is 1. The van der Waals surface area contributed by atoms with Crippen molar-refractivity contribution in [3.8, 4) is 0 Å². The number of aromatic nitrogens is 2. The highest BCUT2D eigenvalue weighted by molar-refractivity contribution is 7.92. The highest BCUT2D eigenvalue weighted by Gasteiger charge is 2.15. The molecule has 2 aromatic carbocycles. The zero-order chi connectivity index (χ0) is 17.5. The van der Waals surface area contributed by atoms with Crippen LogP contribution >= 0.6 is 0 Å². The molecule has 10 heteroatoms. The molecular weight excluding hydrogens is 341 g/mol. The van der Waals surface area contributed by atoms with Gasteiger partial charge in [-0.05, 0) is 42.5 Å². The fourth-order valence-corrected chi connectivity index (χ4v) is 3.15. The Morgan fingerprint density at radius 1 is 1.08 bits per heavy atom. The highest BCUT2D eigenvalue weighted by Crippen LogP contribution is 2.19. The monoisotopic (exact) mass is 351 g/mol. The molecule has 3 N–H and O–H groups in total. The fourth-order valence-electron chi connectivity index (χ4n) is 2.10. The predicted molar refractivity (Wildman–Crippen MR) is 83.2 cm³/mol. The molecule has 0 aliphatic heterocycles. The quantitative estimate of drug-likeness (QED) is 0.605. The zero-order valence-corrected chi connectivity index (χ0v) is 12.7. The van der Waals surface area contributed by atoms with Gasteiger partial charge in [-0.25, -0.2) is 17.6 Å². The van der Waals surface area contributed by atoms with E-state index in [9.17, 15) is 27.6 Å². The summed E-state index contributed by atoms with van der Waals surface area (Å²) >= 11 is 0. The third-order valence-corrected chi connectivity index (χ3v) is 4.65. The molecule has 1 aromatic heterocycles. The predicted octanol–water partition coefficient (Wildman–Crippen LogP) is 0.867. The first-order chi connectivity index (χ1) is 11.3. The number of aromatic amines is 1. The molecular formula is C14H10FN3O5S. The molecule has 8 nitrogen and oxygen atoms in total. The van der Waals surface area contributed by atoms with Crippen molar-refractivity contribution < 1.29 is 18.0 Å². The third kappa shape index (κ3) is 2.74. The Kier molecular flexibility index (Phi) is 3.60. The number of hydrogen-bond acceptors (Lipinski definition) is 5. The van der Waals surface area contributed by atoms with E-state index < -0.39 is 27.1 Å². The van der Waals surface area contributed by atoms with E-state index in [-0.39, 0.29) is 26.2 Å². The SMILES string of the molecule is O=c1[nH]c2cc(NS(=O)(=O)c3ccc(F)cc3)ccc2c(=O)n1O. The minimum Gasteiger partial charge on any atom is -0.421 e. The van der Waals surface area contributed by atoms with Gasteiger partial charge in [-0.2, -0.15) is 0 Å². The summed E-state index contributed by atoms with van der Waals surface area (Å²) in [5.74, 6) is -0.572. The Morgan fingerprint density at radius 3 is 2.42 bits per heavy atom. The standard InChI is InChI=1S/C14H10FN3O5S/c15-8-1-4-10(5-2-8)24(22,23)17-9-3-6-11-12(7-9)16-14(20)18(21)13(11)19/h1-7,17,21H,(H,16,20). The van der Waals surface area contributed by atoms with E-state index in [1.165, 1.54) is 18.2 Å². The van der Waals surface area contributed by atoms with Gasteiger partial charge in [-0.1, -0.05) is 4.73 Å². The molecule has 0 fully saturated rings. The van der Waals surface area contributed by atoms with Gasteiger partial charge in [-0.3, -0.25) is 9.52 Å². The molecule has 0 aliphatic carbocycles. The van der Waals surface area contributed by atoms with Crippen LogP contribution in [0.1, 0.15) is 0 Å². The number of benzene rings is 2. The van der Waals surface area contributed by atoms with Crippen molar-refractivity contribution in [2.75, 3.05) is 4.72 Å². The van der Waals surface area contributed by atoms with Crippen LogP contribution in [0.15, 0.2) is 56.9 Å². The van der Waals surface area contributed by atoms with Crippen LogP contribution in [0.3, 0.4) is 0 Å². The Labute approximate surface area is 133 Å². The minimum atomic E-state index is -3.97. The van der Waals surface area contributed by atoms with Gasteiger partial charge in [0, 0.05) is 0 Å². The molecule has 0 spiro atoms. The summed E-state index contributed by atoms with van der Waals surface area (Å²) in [4.78, 5) is 25.2. The lowest BCUT2D eigenvalue weighted by Crippen LogP contribution is -2.33. The number of rotatable bonds is 3. The smallest absolute Gasteiger partial charge is 0.362 e. The van der Waals surface area contributed by atoms with Crippen molar-refractivity contribution in [1.82, 2.24) is 9.71 Å². The molecule has 124 valence electrons. The average Bonchev–Trinajstić information content (AvgIpc) is 2.52. The van der Waals surface area contributed by atoms with E-state index in [0.29, 0.717) is 0 Å². The summed E-state index contributed by atoms with van der Waals surface area (Å²) in [5.41, 5.74) is -1.85. The van der Waals surface area contributed by atoms with Crippen LogP contribution in [0.25, 0.3) is 10.9 Å². The van der Waals surface area contributed by atoms with Crippen LogP contribution in [0.5, 0.6) is 0 Å². The first-order valence-corrected chi connectivity index (χ1v) is 8.03. The van der Waals surface area contributed by atoms with E-state index in [1.54, 1.807) is 0 Å². The van der Waals surface area contributed by atoms with Gasteiger partial charge in [0.15, 0.2) is 0 Å². The van der Waals surface area contributed by atoms with Crippen LogP contribution in [0.4, 0.5) is 10.1 Å². The second-order valence-corrected chi connectivity index (χ2v) is 6.55. The number of hydrogen-bond donors (Lipinski definition) is 3. The number of sulfonamides is 1. The minimum absolute atomic E-state index is 0.00169. The van der Waals surface area contributed by atoms with E-state index in [0.717, 1.165) is 24.3 Å². The van der Waals surface area contributed by atoms with Crippen molar-refractivity contribution in [2.45, 2.75) is 4.90 Å². The van der Waals surface area contributed by atoms with Gasteiger partial charge in [0.1, 0.15) is 5.82 Å². The van der Waals surface area contributed by atoms with Gasteiger partial charge in [0.2, 0.25) is 0 Å². The summed E-state index contributed by atoms with van der Waals surface area (Å²) in [6, 6.07) is 8.01. The van der Waals surface area contributed by atoms with E-state index >= 15 is 0 Å². The van der Waals surface area contributed by atoms with Crippen LogP contribution in [0.2, 0.25) is 0 Å². The summed E-state index contributed by atoms with van der Waals surface area (Å²) in [6.07, 6.45) is 0. The lowest BCUT2D eigenvalue weighted by atomic mass is 10.2. The number of nitrogens with zero attached hydrogens (tertiary/aromatic N) is 1. The summed E-state index contributed by atoms with van der Waals surface area (Å²) < 4.78 is 39.5. The van der Waals surface area contributed by atoms with Crippen LogP contribution < -0.4 is 16.0 Å². The lowest BCUT2D eigenvalue weighted by molar-refractivity contribution is 0.162. The number of fused-ring (bicyclic) bond motifs is 1. The first kappa shape index (κ1) is 15.7. The molecule has 0 aliphatic rings.